The van der Waals surface area contributed by atoms with E-state index in [0.29, 0.717) is 11.3 Å². The lowest BCUT2D eigenvalue weighted by Gasteiger charge is -2.21. The maximum atomic E-state index is 13.9. The van der Waals surface area contributed by atoms with E-state index in [4.69, 9.17) is 4.52 Å². The van der Waals surface area contributed by atoms with E-state index in [9.17, 15) is 9.18 Å². The SMILES string of the molecule is Cc1noc(C2CC(F)CN2C(=O)Cn2nnc3ccccc32)n1. The van der Waals surface area contributed by atoms with Gasteiger partial charge in [-0.15, -0.1) is 5.10 Å². The van der Waals surface area contributed by atoms with E-state index in [1.165, 1.54) is 9.58 Å². The normalized spacial score (nSPS) is 20.8. The van der Waals surface area contributed by atoms with Gasteiger partial charge in [0.25, 0.3) is 0 Å². The number of carbonyl (C=O) groups is 1. The average molecular weight is 330 g/mol. The van der Waals surface area contributed by atoms with Gasteiger partial charge in [-0.1, -0.05) is 22.5 Å². The van der Waals surface area contributed by atoms with Gasteiger partial charge in [0.1, 0.15) is 24.3 Å². The zero-order chi connectivity index (χ0) is 16.7. The summed E-state index contributed by atoms with van der Waals surface area (Å²) < 4.78 is 20.5. The van der Waals surface area contributed by atoms with E-state index in [1.807, 2.05) is 24.3 Å². The molecule has 1 aromatic carbocycles. The smallest absolute Gasteiger partial charge is 0.249 e. The second kappa shape index (κ2) is 5.66. The zero-order valence-corrected chi connectivity index (χ0v) is 13.0. The predicted octanol–water partition coefficient (Wildman–Crippen LogP) is 1.43. The molecule has 1 saturated heterocycles. The molecule has 1 amide bonds. The summed E-state index contributed by atoms with van der Waals surface area (Å²) in [5.74, 6) is 0.470. The lowest BCUT2D eigenvalue weighted by molar-refractivity contribution is -0.133. The number of likely N-dealkylation sites (tertiary alicyclic amines) is 1. The van der Waals surface area contributed by atoms with Crippen LogP contribution in [0.15, 0.2) is 28.8 Å². The summed E-state index contributed by atoms with van der Waals surface area (Å²) in [6, 6.07) is 6.82. The molecule has 0 radical (unpaired) electrons. The molecule has 124 valence electrons. The number of halogens is 1. The third kappa shape index (κ3) is 2.51. The number of aromatic nitrogens is 5. The van der Waals surface area contributed by atoms with E-state index in [0.717, 1.165) is 5.52 Å². The van der Waals surface area contributed by atoms with Crippen LogP contribution < -0.4 is 0 Å². The fourth-order valence-electron chi connectivity index (χ4n) is 3.00. The van der Waals surface area contributed by atoms with Crippen molar-refractivity contribution >= 4 is 16.9 Å². The van der Waals surface area contributed by atoms with Crippen LogP contribution in [0.5, 0.6) is 0 Å². The molecule has 0 bridgehead atoms. The molecule has 2 atom stereocenters. The van der Waals surface area contributed by atoms with Gasteiger partial charge in [0.15, 0.2) is 5.82 Å². The molecule has 9 heteroatoms. The molecule has 0 spiro atoms. The van der Waals surface area contributed by atoms with Gasteiger partial charge in [-0.3, -0.25) is 4.79 Å². The Labute approximate surface area is 136 Å². The topological polar surface area (TPSA) is 89.9 Å². The molecular weight excluding hydrogens is 315 g/mol. The van der Waals surface area contributed by atoms with Crippen LogP contribution in [-0.4, -0.2) is 48.7 Å². The Balaban J connectivity index is 1.58. The average Bonchev–Trinajstić information content (AvgIpc) is 3.26. The van der Waals surface area contributed by atoms with Crippen LogP contribution in [0.1, 0.15) is 24.2 Å². The molecule has 1 fully saturated rings. The lowest BCUT2D eigenvalue weighted by Crippen LogP contribution is -2.34. The van der Waals surface area contributed by atoms with Gasteiger partial charge in [0.2, 0.25) is 11.8 Å². The highest BCUT2D eigenvalue weighted by atomic mass is 19.1. The molecule has 2 unspecified atom stereocenters. The number of alkyl halides is 1. The van der Waals surface area contributed by atoms with Crippen molar-refractivity contribution in [1.29, 1.82) is 0 Å². The van der Waals surface area contributed by atoms with Gasteiger partial charge in [0, 0.05) is 6.42 Å². The first kappa shape index (κ1) is 14.7. The summed E-state index contributed by atoms with van der Waals surface area (Å²) in [7, 11) is 0. The maximum absolute atomic E-state index is 13.9. The molecule has 0 N–H and O–H groups in total. The first-order valence-electron chi connectivity index (χ1n) is 7.64. The molecule has 24 heavy (non-hydrogen) atoms. The fraction of sp³-hybridized carbons (Fsp3) is 0.400. The molecule has 3 aromatic rings. The lowest BCUT2D eigenvalue weighted by atomic mass is 10.2. The Morgan fingerprint density at radius 2 is 2.25 bits per heavy atom. The predicted molar refractivity (Wildman–Crippen MR) is 80.5 cm³/mol. The van der Waals surface area contributed by atoms with Crippen molar-refractivity contribution < 1.29 is 13.7 Å². The van der Waals surface area contributed by atoms with Crippen LogP contribution in [0, 0.1) is 6.92 Å². The van der Waals surface area contributed by atoms with Crippen LogP contribution in [-0.2, 0) is 11.3 Å². The Bertz CT molecular complexity index is 891. The molecule has 3 heterocycles. The van der Waals surface area contributed by atoms with Crippen molar-refractivity contribution in [2.45, 2.75) is 32.1 Å². The van der Waals surface area contributed by atoms with Crippen molar-refractivity contribution in [2.75, 3.05) is 6.54 Å². The standard InChI is InChI=1S/C15H15FN6O2/c1-9-17-15(24-19-9)13-6-10(16)7-21(13)14(23)8-22-12-5-3-2-4-11(12)18-20-22/h2-5,10,13H,6-8H2,1H3. The molecule has 0 saturated carbocycles. The molecule has 8 nitrogen and oxygen atoms in total. The van der Waals surface area contributed by atoms with Gasteiger partial charge < -0.3 is 9.42 Å². The van der Waals surface area contributed by atoms with Crippen molar-refractivity contribution in [3.63, 3.8) is 0 Å². The van der Waals surface area contributed by atoms with Crippen molar-refractivity contribution in [3.05, 3.63) is 36.0 Å². The number of fused-ring (bicyclic) bond motifs is 1. The number of hydrogen-bond donors (Lipinski definition) is 0. The highest BCUT2D eigenvalue weighted by Crippen LogP contribution is 2.33. The van der Waals surface area contributed by atoms with E-state index in [2.05, 4.69) is 20.5 Å². The zero-order valence-electron chi connectivity index (χ0n) is 13.0. The number of rotatable bonds is 3. The number of benzene rings is 1. The quantitative estimate of drug-likeness (QED) is 0.722. The molecule has 1 aliphatic rings. The van der Waals surface area contributed by atoms with E-state index in [-0.39, 0.29) is 31.3 Å². The van der Waals surface area contributed by atoms with Crippen LogP contribution in [0.3, 0.4) is 0 Å². The summed E-state index contributed by atoms with van der Waals surface area (Å²) in [5, 5.41) is 11.7. The number of aryl methyl sites for hydroxylation is 1. The van der Waals surface area contributed by atoms with Crippen LogP contribution in [0.2, 0.25) is 0 Å². The number of amides is 1. The fourth-order valence-corrected chi connectivity index (χ4v) is 3.00. The summed E-state index contributed by atoms with van der Waals surface area (Å²) in [6.45, 7) is 1.68. The number of nitrogens with zero attached hydrogens (tertiary/aromatic N) is 6. The Morgan fingerprint density at radius 1 is 1.42 bits per heavy atom. The first-order valence-corrected chi connectivity index (χ1v) is 7.64. The minimum Gasteiger partial charge on any atom is -0.337 e. The molecule has 2 aromatic heterocycles. The van der Waals surface area contributed by atoms with E-state index >= 15 is 0 Å². The summed E-state index contributed by atoms with van der Waals surface area (Å²) in [6.07, 6.45) is -0.954. The molecule has 1 aliphatic heterocycles. The number of para-hydroxylation sites is 1. The van der Waals surface area contributed by atoms with E-state index < -0.39 is 12.2 Å². The van der Waals surface area contributed by atoms with Crippen LogP contribution in [0.25, 0.3) is 11.0 Å². The summed E-state index contributed by atoms with van der Waals surface area (Å²) in [5.41, 5.74) is 1.46. The van der Waals surface area contributed by atoms with Crippen LogP contribution in [0.4, 0.5) is 4.39 Å². The Hall–Kier alpha value is -2.84. The van der Waals surface area contributed by atoms with Gasteiger partial charge in [0.05, 0.1) is 12.1 Å². The number of carbonyl (C=O) groups excluding carboxylic acids is 1. The monoisotopic (exact) mass is 330 g/mol. The Morgan fingerprint density at radius 3 is 3.04 bits per heavy atom. The maximum Gasteiger partial charge on any atom is 0.249 e. The second-order valence-electron chi connectivity index (χ2n) is 5.81. The van der Waals surface area contributed by atoms with Crippen molar-refractivity contribution in [3.8, 4) is 0 Å². The summed E-state index contributed by atoms with van der Waals surface area (Å²) >= 11 is 0. The Kier molecular flexibility index (Phi) is 3.47. The van der Waals surface area contributed by atoms with Crippen molar-refractivity contribution in [2.24, 2.45) is 0 Å². The third-order valence-electron chi connectivity index (χ3n) is 4.10. The van der Waals surface area contributed by atoms with E-state index in [1.54, 1.807) is 6.92 Å². The van der Waals surface area contributed by atoms with Crippen LogP contribution >= 0.6 is 0 Å². The third-order valence-corrected chi connectivity index (χ3v) is 4.10. The minimum atomic E-state index is -1.11. The van der Waals surface area contributed by atoms with Crippen molar-refractivity contribution in [1.82, 2.24) is 30.0 Å². The van der Waals surface area contributed by atoms with Gasteiger partial charge in [-0.25, -0.2) is 9.07 Å². The second-order valence-corrected chi connectivity index (χ2v) is 5.81. The first-order chi connectivity index (χ1) is 11.6. The minimum absolute atomic E-state index is 0.0115. The molecular formula is C15H15FN6O2. The van der Waals surface area contributed by atoms with Gasteiger partial charge in [-0.05, 0) is 19.1 Å². The highest BCUT2D eigenvalue weighted by molar-refractivity contribution is 5.80. The molecule has 0 aliphatic carbocycles. The van der Waals surface area contributed by atoms with Gasteiger partial charge in [-0.2, -0.15) is 4.98 Å². The number of hydrogen-bond acceptors (Lipinski definition) is 6. The van der Waals surface area contributed by atoms with Gasteiger partial charge >= 0.3 is 0 Å². The largest absolute Gasteiger partial charge is 0.337 e. The summed E-state index contributed by atoms with van der Waals surface area (Å²) in [4.78, 5) is 18.2. The molecule has 4 rings (SSSR count). The highest BCUT2D eigenvalue weighted by Gasteiger charge is 2.39.